The summed E-state index contributed by atoms with van der Waals surface area (Å²) in [6, 6.07) is 17.8. The van der Waals surface area contributed by atoms with Crippen LogP contribution < -0.4 is 5.73 Å². The normalized spacial score (nSPS) is 11.5. The molecule has 0 spiro atoms. The summed E-state index contributed by atoms with van der Waals surface area (Å²) in [6.45, 7) is 0.383. The SMILES string of the molecule is NC(=O)CCN(CCc1ccccc1)S(=O)(=O)c1ccccc1. The van der Waals surface area contributed by atoms with Crippen LogP contribution in [0.5, 0.6) is 0 Å². The number of carbonyl (C=O) groups is 1. The van der Waals surface area contributed by atoms with Gasteiger partial charge < -0.3 is 5.73 Å². The molecule has 0 saturated heterocycles. The fourth-order valence-electron chi connectivity index (χ4n) is 2.23. The molecule has 0 radical (unpaired) electrons. The monoisotopic (exact) mass is 332 g/mol. The molecule has 23 heavy (non-hydrogen) atoms. The molecule has 0 aromatic heterocycles. The minimum Gasteiger partial charge on any atom is -0.370 e. The van der Waals surface area contributed by atoms with Crippen molar-refractivity contribution in [3.63, 3.8) is 0 Å². The third kappa shape index (κ3) is 4.91. The summed E-state index contributed by atoms with van der Waals surface area (Å²) >= 11 is 0. The van der Waals surface area contributed by atoms with Crippen molar-refractivity contribution < 1.29 is 13.2 Å². The second-order valence-corrected chi connectivity index (χ2v) is 7.11. The van der Waals surface area contributed by atoms with E-state index < -0.39 is 15.9 Å². The van der Waals surface area contributed by atoms with Crippen molar-refractivity contribution in [3.8, 4) is 0 Å². The van der Waals surface area contributed by atoms with Crippen LogP contribution in [0.15, 0.2) is 65.6 Å². The number of sulfonamides is 1. The number of primary amides is 1. The van der Waals surface area contributed by atoms with Crippen LogP contribution in [0.4, 0.5) is 0 Å². The highest BCUT2D eigenvalue weighted by Crippen LogP contribution is 2.16. The van der Waals surface area contributed by atoms with E-state index >= 15 is 0 Å². The van der Waals surface area contributed by atoms with Crippen LogP contribution in [0, 0.1) is 0 Å². The van der Waals surface area contributed by atoms with Gasteiger partial charge in [-0.2, -0.15) is 4.31 Å². The Kier molecular flexibility index (Phi) is 5.90. The van der Waals surface area contributed by atoms with Crippen molar-refractivity contribution >= 4 is 15.9 Å². The summed E-state index contributed by atoms with van der Waals surface area (Å²) in [5.74, 6) is -0.516. The molecule has 1 amide bonds. The quantitative estimate of drug-likeness (QED) is 0.800. The van der Waals surface area contributed by atoms with E-state index in [0.29, 0.717) is 13.0 Å². The van der Waals surface area contributed by atoms with Crippen LogP contribution in [0.2, 0.25) is 0 Å². The summed E-state index contributed by atoms with van der Waals surface area (Å²) in [7, 11) is -3.64. The Bertz CT molecular complexity index is 731. The highest BCUT2D eigenvalue weighted by atomic mass is 32.2. The highest BCUT2D eigenvalue weighted by Gasteiger charge is 2.24. The Balaban J connectivity index is 2.18. The third-order valence-electron chi connectivity index (χ3n) is 3.48. The largest absolute Gasteiger partial charge is 0.370 e. The Morgan fingerprint density at radius 1 is 0.913 bits per heavy atom. The molecule has 0 saturated carbocycles. The second-order valence-electron chi connectivity index (χ2n) is 5.17. The number of nitrogens with zero attached hydrogens (tertiary/aromatic N) is 1. The zero-order valence-corrected chi connectivity index (χ0v) is 13.6. The topological polar surface area (TPSA) is 80.5 Å². The van der Waals surface area contributed by atoms with Crippen LogP contribution in [0.1, 0.15) is 12.0 Å². The number of amides is 1. The molecule has 2 N–H and O–H groups in total. The van der Waals surface area contributed by atoms with Gasteiger partial charge in [-0.1, -0.05) is 48.5 Å². The van der Waals surface area contributed by atoms with Gasteiger partial charge in [0.15, 0.2) is 0 Å². The molecule has 0 unspecified atom stereocenters. The molecule has 0 atom stereocenters. The lowest BCUT2D eigenvalue weighted by Gasteiger charge is -2.21. The lowest BCUT2D eigenvalue weighted by Crippen LogP contribution is -2.35. The maximum absolute atomic E-state index is 12.7. The Morgan fingerprint density at radius 3 is 2.04 bits per heavy atom. The molecule has 0 fully saturated rings. The fraction of sp³-hybridized carbons (Fsp3) is 0.235. The van der Waals surface area contributed by atoms with Crippen molar-refractivity contribution in [3.05, 3.63) is 66.2 Å². The molecule has 6 heteroatoms. The smallest absolute Gasteiger partial charge is 0.243 e. The van der Waals surface area contributed by atoms with Crippen molar-refractivity contribution in [2.45, 2.75) is 17.7 Å². The van der Waals surface area contributed by atoms with E-state index in [1.807, 2.05) is 30.3 Å². The molecule has 0 aliphatic carbocycles. The van der Waals surface area contributed by atoms with Gasteiger partial charge in [-0.25, -0.2) is 8.42 Å². The highest BCUT2D eigenvalue weighted by molar-refractivity contribution is 7.89. The Labute approximate surface area is 136 Å². The molecule has 2 rings (SSSR count). The first-order chi connectivity index (χ1) is 11.0. The Hall–Kier alpha value is -2.18. The number of hydrogen-bond donors (Lipinski definition) is 1. The van der Waals surface area contributed by atoms with Crippen LogP contribution in [0.25, 0.3) is 0 Å². The number of rotatable bonds is 8. The molecule has 2 aromatic carbocycles. The minimum atomic E-state index is -3.64. The second kappa shape index (κ2) is 7.89. The molecule has 0 aliphatic rings. The van der Waals surface area contributed by atoms with Gasteiger partial charge in [0.25, 0.3) is 0 Å². The van der Waals surface area contributed by atoms with Crippen LogP contribution in [-0.4, -0.2) is 31.7 Å². The molecule has 0 aliphatic heterocycles. The lowest BCUT2D eigenvalue weighted by atomic mass is 10.1. The van der Waals surface area contributed by atoms with Gasteiger partial charge in [-0.05, 0) is 24.1 Å². The first-order valence-corrected chi connectivity index (χ1v) is 8.81. The van der Waals surface area contributed by atoms with E-state index in [4.69, 9.17) is 5.73 Å². The number of benzene rings is 2. The van der Waals surface area contributed by atoms with Gasteiger partial charge in [0, 0.05) is 19.5 Å². The first-order valence-electron chi connectivity index (χ1n) is 7.37. The van der Waals surface area contributed by atoms with Crippen molar-refractivity contribution in [1.29, 1.82) is 0 Å². The van der Waals surface area contributed by atoms with Gasteiger partial charge in [0.1, 0.15) is 0 Å². The van der Waals surface area contributed by atoms with Gasteiger partial charge in [-0.15, -0.1) is 0 Å². The molecule has 5 nitrogen and oxygen atoms in total. The van der Waals surface area contributed by atoms with Gasteiger partial charge in [0.2, 0.25) is 15.9 Å². The summed E-state index contributed by atoms with van der Waals surface area (Å²) in [5, 5.41) is 0. The first kappa shape index (κ1) is 17.2. The maximum Gasteiger partial charge on any atom is 0.243 e. The molecule has 2 aromatic rings. The van der Waals surface area contributed by atoms with Crippen molar-refractivity contribution in [1.82, 2.24) is 4.31 Å². The number of hydrogen-bond acceptors (Lipinski definition) is 3. The summed E-state index contributed by atoms with van der Waals surface area (Å²) in [6.07, 6.45) is 0.576. The van der Waals surface area contributed by atoms with Gasteiger partial charge in [0.05, 0.1) is 4.90 Å². The standard InChI is InChI=1S/C17H20N2O3S/c18-17(20)12-14-19(13-11-15-7-3-1-4-8-15)23(21,22)16-9-5-2-6-10-16/h1-10H,11-14H2,(H2,18,20). The third-order valence-corrected chi connectivity index (χ3v) is 5.39. The van der Waals surface area contributed by atoms with Crippen LogP contribution >= 0.6 is 0 Å². The summed E-state index contributed by atoms with van der Waals surface area (Å²) < 4.78 is 26.8. The molecule has 0 bridgehead atoms. The van der Waals surface area contributed by atoms with E-state index in [2.05, 4.69) is 0 Å². The van der Waals surface area contributed by atoms with Gasteiger partial charge in [-0.3, -0.25) is 4.79 Å². The predicted molar refractivity (Wildman–Crippen MR) is 89.2 cm³/mol. The van der Waals surface area contributed by atoms with E-state index in [0.717, 1.165) is 5.56 Å². The summed E-state index contributed by atoms with van der Waals surface area (Å²) in [5.41, 5.74) is 6.21. The minimum absolute atomic E-state index is 0.000846. The van der Waals surface area contributed by atoms with E-state index in [-0.39, 0.29) is 17.9 Å². The summed E-state index contributed by atoms with van der Waals surface area (Å²) in [4.78, 5) is 11.3. The fourth-order valence-corrected chi connectivity index (χ4v) is 3.69. The van der Waals surface area contributed by atoms with Crippen LogP contribution in [0.3, 0.4) is 0 Å². The van der Waals surface area contributed by atoms with Gasteiger partial charge >= 0.3 is 0 Å². The zero-order valence-electron chi connectivity index (χ0n) is 12.8. The van der Waals surface area contributed by atoms with E-state index in [1.54, 1.807) is 30.3 Å². The average Bonchev–Trinajstić information content (AvgIpc) is 2.56. The van der Waals surface area contributed by atoms with Crippen LogP contribution in [-0.2, 0) is 21.2 Å². The predicted octanol–water partition coefficient (Wildman–Crippen LogP) is 1.80. The van der Waals surface area contributed by atoms with Crippen molar-refractivity contribution in [2.75, 3.05) is 13.1 Å². The van der Waals surface area contributed by atoms with Crippen molar-refractivity contribution in [2.24, 2.45) is 5.73 Å². The molecular formula is C17H20N2O3S. The average molecular weight is 332 g/mol. The number of carbonyl (C=O) groups excluding carboxylic acids is 1. The maximum atomic E-state index is 12.7. The molecule has 122 valence electrons. The Morgan fingerprint density at radius 2 is 1.48 bits per heavy atom. The molecular weight excluding hydrogens is 312 g/mol. The van der Waals surface area contributed by atoms with E-state index in [9.17, 15) is 13.2 Å². The number of nitrogens with two attached hydrogens (primary N) is 1. The zero-order chi connectivity index (χ0) is 16.7. The molecule has 0 heterocycles. The van der Waals surface area contributed by atoms with E-state index in [1.165, 1.54) is 4.31 Å². The lowest BCUT2D eigenvalue weighted by molar-refractivity contribution is -0.118.